The van der Waals surface area contributed by atoms with Gasteiger partial charge in [-0.2, -0.15) is 8.42 Å². The molecule has 21 heavy (non-hydrogen) atoms. The smallest absolute Gasteiger partial charge is 0.264 e. The van der Waals surface area contributed by atoms with Crippen LogP contribution in [0.1, 0.15) is 50.5 Å². The molecule has 0 atom stereocenters. The zero-order valence-corrected chi connectivity index (χ0v) is 13.7. The van der Waals surface area contributed by atoms with Gasteiger partial charge in [0, 0.05) is 0 Å². The summed E-state index contributed by atoms with van der Waals surface area (Å²) in [5, 5.41) is 0. The fourth-order valence-corrected chi connectivity index (χ4v) is 3.82. The van der Waals surface area contributed by atoms with Gasteiger partial charge in [-0.3, -0.25) is 4.18 Å². The molecule has 0 radical (unpaired) electrons. The zero-order valence-electron chi connectivity index (χ0n) is 12.9. The van der Waals surface area contributed by atoms with Gasteiger partial charge in [-0.25, -0.2) is 0 Å². The summed E-state index contributed by atoms with van der Waals surface area (Å²) in [5.74, 6) is 0. The third-order valence-electron chi connectivity index (χ3n) is 4.52. The van der Waals surface area contributed by atoms with Crippen LogP contribution >= 0.6 is 0 Å². The first-order chi connectivity index (χ1) is 9.99. The Balaban J connectivity index is 2.06. The molecular formula is C17H26O3S. The van der Waals surface area contributed by atoms with E-state index < -0.39 is 10.1 Å². The quantitative estimate of drug-likeness (QED) is 0.590. The van der Waals surface area contributed by atoms with Crippen LogP contribution in [0.5, 0.6) is 0 Å². The van der Waals surface area contributed by atoms with Crippen molar-refractivity contribution in [2.45, 2.75) is 51.4 Å². The summed E-state index contributed by atoms with van der Waals surface area (Å²) in [6.07, 6.45) is 10.4. The summed E-state index contributed by atoms with van der Waals surface area (Å²) in [5.41, 5.74) is 1.54. The zero-order chi connectivity index (χ0) is 15.2. The second kappa shape index (κ2) is 7.41. The largest absolute Gasteiger partial charge is 0.270 e. The Morgan fingerprint density at radius 3 is 2.24 bits per heavy atom. The van der Waals surface area contributed by atoms with Gasteiger partial charge in [0.2, 0.25) is 0 Å². The number of benzene rings is 1. The van der Waals surface area contributed by atoms with E-state index in [2.05, 4.69) is 24.3 Å². The molecule has 118 valence electrons. The van der Waals surface area contributed by atoms with Crippen LogP contribution in [0, 0.1) is 5.41 Å². The van der Waals surface area contributed by atoms with Gasteiger partial charge in [-0.1, -0.05) is 56.0 Å². The van der Waals surface area contributed by atoms with Crippen LogP contribution in [0.2, 0.25) is 0 Å². The lowest BCUT2D eigenvalue weighted by Crippen LogP contribution is -2.26. The maximum absolute atomic E-state index is 11.2. The maximum atomic E-state index is 11.2. The van der Waals surface area contributed by atoms with E-state index >= 15 is 0 Å². The summed E-state index contributed by atoms with van der Waals surface area (Å²) in [4.78, 5) is 0. The molecule has 0 bridgehead atoms. The van der Waals surface area contributed by atoms with E-state index in [9.17, 15) is 8.42 Å². The molecule has 4 heteroatoms. The molecule has 0 heterocycles. The monoisotopic (exact) mass is 310 g/mol. The maximum Gasteiger partial charge on any atom is 0.264 e. The standard InChI is InChI=1S/C17H26O3S/c1-21(18,19)20-14-13-17(11-7-2-3-8-12-17)15-16-9-5-4-6-10-16/h4-6,9-10H,2-3,7-8,11-15H2,1H3. The minimum absolute atomic E-state index is 0.197. The highest BCUT2D eigenvalue weighted by Crippen LogP contribution is 2.41. The van der Waals surface area contributed by atoms with E-state index in [1.54, 1.807) is 0 Å². The lowest BCUT2D eigenvalue weighted by Gasteiger charge is -2.33. The molecule has 0 aromatic heterocycles. The Kier molecular flexibility index (Phi) is 5.82. The van der Waals surface area contributed by atoms with Crippen LogP contribution in [0.15, 0.2) is 30.3 Å². The van der Waals surface area contributed by atoms with E-state index in [0.717, 1.165) is 19.1 Å². The topological polar surface area (TPSA) is 43.4 Å². The van der Waals surface area contributed by atoms with Crippen LogP contribution in [-0.4, -0.2) is 21.3 Å². The van der Waals surface area contributed by atoms with E-state index in [-0.39, 0.29) is 5.41 Å². The molecule has 2 rings (SSSR count). The van der Waals surface area contributed by atoms with Crippen molar-refractivity contribution in [2.75, 3.05) is 12.9 Å². The fraction of sp³-hybridized carbons (Fsp3) is 0.647. The average Bonchev–Trinajstić information content (AvgIpc) is 2.64. The third kappa shape index (κ3) is 5.79. The molecule has 1 aliphatic carbocycles. The number of hydrogen-bond donors (Lipinski definition) is 0. The van der Waals surface area contributed by atoms with Gasteiger partial charge in [0.1, 0.15) is 0 Å². The van der Waals surface area contributed by atoms with Crippen LogP contribution in [0.25, 0.3) is 0 Å². The summed E-state index contributed by atoms with van der Waals surface area (Å²) < 4.78 is 27.4. The molecule has 0 aliphatic heterocycles. The highest BCUT2D eigenvalue weighted by molar-refractivity contribution is 7.85. The molecule has 1 aliphatic rings. The van der Waals surface area contributed by atoms with Crippen molar-refractivity contribution in [2.24, 2.45) is 5.41 Å². The van der Waals surface area contributed by atoms with Gasteiger partial charge in [0.05, 0.1) is 12.9 Å². The van der Waals surface area contributed by atoms with E-state index in [0.29, 0.717) is 6.61 Å². The van der Waals surface area contributed by atoms with Crippen LogP contribution < -0.4 is 0 Å². The Morgan fingerprint density at radius 1 is 1.05 bits per heavy atom. The molecule has 1 aromatic rings. The van der Waals surface area contributed by atoms with Crippen molar-refractivity contribution >= 4 is 10.1 Å². The molecule has 0 N–H and O–H groups in total. The van der Waals surface area contributed by atoms with Gasteiger partial charge in [-0.15, -0.1) is 0 Å². The van der Waals surface area contributed by atoms with Crippen molar-refractivity contribution in [1.29, 1.82) is 0 Å². The van der Waals surface area contributed by atoms with Crippen molar-refractivity contribution in [1.82, 2.24) is 0 Å². The average molecular weight is 310 g/mol. The summed E-state index contributed by atoms with van der Waals surface area (Å²) in [6.45, 7) is 0.311. The molecule has 0 spiro atoms. The molecule has 1 aromatic carbocycles. The predicted octanol–water partition coefficient (Wildman–Crippen LogP) is 3.94. The third-order valence-corrected chi connectivity index (χ3v) is 5.11. The molecule has 0 amide bonds. The van der Waals surface area contributed by atoms with Gasteiger partial charge in [-0.05, 0) is 36.7 Å². The van der Waals surface area contributed by atoms with Gasteiger partial charge >= 0.3 is 0 Å². The molecule has 0 saturated heterocycles. The minimum Gasteiger partial charge on any atom is -0.270 e. The fourth-order valence-electron chi connectivity index (χ4n) is 3.43. The second-order valence-electron chi connectivity index (χ2n) is 6.35. The van der Waals surface area contributed by atoms with Crippen LogP contribution in [0.3, 0.4) is 0 Å². The molecule has 1 fully saturated rings. The first-order valence-electron chi connectivity index (χ1n) is 7.88. The molecule has 1 saturated carbocycles. The normalized spacial score (nSPS) is 19.1. The Labute approximate surface area is 128 Å². The summed E-state index contributed by atoms with van der Waals surface area (Å²) in [6, 6.07) is 10.5. The Bertz CT molecular complexity index is 514. The number of rotatable bonds is 6. The van der Waals surface area contributed by atoms with Crippen molar-refractivity contribution in [3.05, 3.63) is 35.9 Å². The van der Waals surface area contributed by atoms with E-state index in [4.69, 9.17) is 4.18 Å². The van der Waals surface area contributed by atoms with Gasteiger partial charge < -0.3 is 0 Å². The van der Waals surface area contributed by atoms with E-state index in [1.165, 1.54) is 44.1 Å². The highest BCUT2D eigenvalue weighted by atomic mass is 32.2. The van der Waals surface area contributed by atoms with Crippen molar-refractivity contribution in [3.8, 4) is 0 Å². The predicted molar refractivity (Wildman–Crippen MR) is 85.7 cm³/mol. The SMILES string of the molecule is CS(=O)(=O)OCCC1(Cc2ccccc2)CCCCCC1. The van der Waals surface area contributed by atoms with Crippen molar-refractivity contribution in [3.63, 3.8) is 0 Å². The highest BCUT2D eigenvalue weighted by Gasteiger charge is 2.31. The molecule has 3 nitrogen and oxygen atoms in total. The lowest BCUT2D eigenvalue weighted by molar-refractivity contribution is 0.172. The number of hydrogen-bond acceptors (Lipinski definition) is 3. The first-order valence-corrected chi connectivity index (χ1v) is 9.69. The van der Waals surface area contributed by atoms with Crippen LogP contribution in [0.4, 0.5) is 0 Å². The Morgan fingerprint density at radius 2 is 1.67 bits per heavy atom. The Hall–Kier alpha value is -0.870. The lowest BCUT2D eigenvalue weighted by atomic mass is 9.73. The first kappa shape index (κ1) is 16.5. The van der Waals surface area contributed by atoms with Gasteiger partial charge in [0.15, 0.2) is 0 Å². The minimum atomic E-state index is -3.33. The molecule has 0 unspecified atom stereocenters. The summed E-state index contributed by atoms with van der Waals surface area (Å²) in [7, 11) is -3.33. The van der Waals surface area contributed by atoms with Crippen molar-refractivity contribution < 1.29 is 12.6 Å². The second-order valence-corrected chi connectivity index (χ2v) is 8.00. The van der Waals surface area contributed by atoms with E-state index in [1.807, 2.05) is 6.07 Å². The van der Waals surface area contributed by atoms with Crippen LogP contribution in [-0.2, 0) is 20.7 Å². The summed E-state index contributed by atoms with van der Waals surface area (Å²) >= 11 is 0. The molecular weight excluding hydrogens is 284 g/mol. The van der Waals surface area contributed by atoms with Gasteiger partial charge in [0.25, 0.3) is 10.1 Å².